The summed E-state index contributed by atoms with van der Waals surface area (Å²) in [6, 6.07) is 0. The molecule has 0 unspecified atom stereocenters. The molecule has 0 saturated heterocycles. The van der Waals surface area contributed by atoms with Gasteiger partial charge in [-0.15, -0.1) is 0 Å². The topological polar surface area (TPSA) is 86.2 Å². The molecule has 0 aromatic rings. The van der Waals surface area contributed by atoms with Gasteiger partial charge in [0.15, 0.2) is 0 Å². The van der Waals surface area contributed by atoms with Crippen molar-refractivity contribution in [2.24, 2.45) is 11.5 Å². The number of rotatable bonds is 12. The van der Waals surface area contributed by atoms with Crippen LogP contribution in [0.1, 0.15) is 70.6 Å². The number of primary amides is 2. The van der Waals surface area contributed by atoms with Crippen LogP contribution in [0.15, 0.2) is 0 Å². The summed E-state index contributed by atoms with van der Waals surface area (Å²) in [6.45, 7) is 0. The van der Waals surface area contributed by atoms with Crippen molar-refractivity contribution >= 4 is 11.8 Å². The standard InChI is InChI=1S/C13H26N2O2.Cu/c14-12(16)10-8-6-4-2-1-3-5-7-9-11-13(15)17;/h1-11H2,(H2,14,16)(H2,15,17);. The molecule has 2 amide bonds. The van der Waals surface area contributed by atoms with Gasteiger partial charge in [-0.05, 0) is 12.8 Å². The largest absolute Gasteiger partial charge is 0.370 e. The summed E-state index contributed by atoms with van der Waals surface area (Å²) < 4.78 is 0. The van der Waals surface area contributed by atoms with E-state index in [0.717, 1.165) is 25.7 Å². The van der Waals surface area contributed by atoms with Crippen LogP contribution in [0, 0.1) is 0 Å². The van der Waals surface area contributed by atoms with E-state index in [2.05, 4.69) is 0 Å². The van der Waals surface area contributed by atoms with Crippen LogP contribution in [-0.4, -0.2) is 11.8 Å². The quantitative estimate of drug-likeness (QED) is 0.428. The minimum atomic E-state index is -0.195. The van der Waals surface area contributed by atoms with Crippen molar-refractivity contribution < 1.29 is 26.7 Å². The summed E-state index contributed by atoms with van der Waals surface area (Å²) in [7, 11) is 0. The molecule has 0 aromatic heterocycles. The maximum absolute atomic E-state index is 10.5. The van der Waals surface area contributed by atoms with Gasteiger partial charge in [0.25, 0.3) is 0 Å². The molecule has 0 heterocycles. The second-order valence-electron chi connectivity index (χ2n) is 4.61. The van der Waals surface area contributed by atoms with Crippen LogP contribution in [0.5, 0.6) is 0 Å². The first-order chi connectivity index (χ1) is 8.13. The van der Waals surface area contributed by atoms with Gasteiger partial charge in [-0.1, -0.05) is 44.9 Å². The second kappa shape index (κ2) is 14.5. The molecule has 0 bridgehead atoms. The van der Waals surface area contributed by atoms with Crippen LogP contribution in [0.25, 0.3) is 0 Å². The monoisotopic (exact) mass is 305 g/mol. The van der Waals surface area contributed by atoms with Gasteiger partial charge in [0, 0.05) is 29.9 Å². The Morgan fingerprint density at radius 1 is 0.556 bits per heavy atom. The number of carbonyl (C=O) groups excluding carboxylic acids is 2. The molecule has 0 aromatic carbocycles. The summed E-state index contributed by atoms with van der Waals surface area (Å²) >= 11 is 0. The average Bonchev–Trinajstić information content (AvgIpc) is 2.25. The van der Waals surface area contributed by atoms with E-state index in [9.17, 15) is 9.59 Å². The maximum Gasteiger partial charge on any atom is 0.217 e. The summed E-state index contributed by atoms with van der Waals surface area (Å²) in [4.78, 5) is 20.9. The van der Waals surface area contributed by atoms with E-state index in [1.165, 1.54) is 32.1 Å². The Morgan fingerprint density at radius 2 is 0.778 bits per heavy atom. The van der Waals surface area contributed by atoms with Gasteiger partial charge in [-0.3, -0.25) is 9.59 Å². The molecule has 0 spiro atoms. The van der Waals surface area contributed by atoms with Gasteiger partial charge in [0.2, 0.25) is 11.8 Å². The second-order valence-corrected chi connectivity index (χ2v) is 4.61. The summed E-state index contributed by atoms with van der Waals surface area (Å²) in [6.07, 6.45) is 11.2. The van der Waals surface area contributed by atoms with Crippen LogP contribution in [0.2, 0.25) is 0 Å². The number of unbranched alkanes of at least 4 members (excludes halogenated alkanes) is 8. The summed E-state index contributed by atoms with van der Waals surface area (Å²) in [5.74, 6) is -0.390. The molecule has 0 aliphatic heterocycles. The minimum Gasteiger partial charge on any atom is -0.370 e. The fourth-order valence-corrected chi connectivity index (χ4v) is 1.84. The van der Waals surface area contributed by atoms with E-state index < -0.39 is 0 Å². The molecule has 1 radical (unpaired) electrons. The third-order valence-corrected chi connectivity index (χ3v) is 2.85. The Morgan fingerprint density at radius 3 is 1.00 bits per heavy atom. The Labute approximate surface area is 121 Å². The number of nitrogens with two attached hydrogens (primary N) is 2. The number of hydrogen-bond donors (Lipinski definition) is 2. The van der Waals surface area contributed by atoms with Crippen molar-refractivity contribution in [3.8, 4) is 0 Å². The molecule has 0 rings (SSSR count). The van der Waals surface area contributed by atoms with Gasteiger partial charge in [0.1, 0.15) is 0 Å². The van der Waals surface area contributed by atoms with E-state index in [0.29, 0.717) is 12.8 Å². The molecule has 0 atom stereocenters. The molecule has 0 fully saturated rings. The Balaban J connectivity index is 0. The SMILES string of the molecule is NC(=O)CCCCCCCCCCCC(N)=O.[Cu]. The Hall–Kier alpha value is -0.541. The zero-order valence-electron chi connectivity index (χ0n) is 11.1. The van der Waals surface area contributed by atoms with Crippen molar-refractivity contribution in [3.63, 3.8) is 0 Å². The van der Waals surface area contributed by atoms with Crippen molar-refractivity contribution in [2.75, 3.05) is 0 Å². The van der Waals surface area contributed by atoms with Crippen LogP contribution in [0.3, 0.4) is 0 Å². The molecule has 5 heteroatoms. The van der Waals surface area contributed by atoms with Gasteiger partial charge >= 0.3 is 0 Å². The van der Waals surface area contributed by atoms with Crippen molar-refractivity contribution in [2.45, 2.75) is 70.6 Å². The predicted molar refractivity (Wildman–Crippen MR) is 69.2 cm³/mol. The van der Waals surface area contributed by atoms with E-state index in [4.69, 9.17) is 11.5 Å². The Bertz CT molecular complexity index is 201. The van der Waals surface area contributed by atoms with Crippen molar-refractivity contribution in [1.29, 1.82) is 0 Å². The maximum atomic E-state index is 10.5. The fraction of sp³-hybridized carbons (Fsp3) is 0.846. The molecule has 0 aliphatic rings. The van der Waals surface area contributed by atoms with E-state index in [1.807, 2.05) is 0 Å². The van der Waals surface area contributed by atoms with Crippen LogP contribution in [0.4, 0.5) is 0 Å². The molecule has 18 heavy (non-hydrogen) atoms. The number of amides is 2. The van der Waals surface area contributed by atoms with Gasteiger partial charge in [-0.2, -0.15) is 0 Å². The third kappa shape index (κ3) is 17.8. The van der Waals surface area contributed by atoms with Crippen LogP contribution >= 0.6 is 0 Å². The van der Waals surface area contributed by atoms with Gasteiger partial charge < -0.3 is 11.5 Å². The Kier molecular flexibility index (Phi) is 16.0. The van der Waals surface area contributed by atoms with E-state index >= 15 is 0 Å². The van der Waals surface area contributed by atoms with E-state index in [1.54, 1.807) is 0 Å². The third-order valence-electron chi connectivity index (χ3n) is 2.85. The minimum absolute atomic E-state index is 0. The normalized spacial score (nSPS) is 9.78. The zero-order valence-corrected chi connectivity index (χ0v) is 12.0. The summed E-state index contributed by atoms with van der Waals surface area (Å²) in [5, 5.41) is 0. The first-order valence-electron chi connectivity index (χ1n) is 6.69. The fourth-order valence-electron chi connectivity index (χ4n) is 1.84. The van der Waals surface area contributed by atoms with Crippen molar-refractivity contribution in [3.05, 3.63) is 0 Å². The smallest absolute Gasteiger partial charge is 0.217 e. The molecular weight excluding hydrogens is 280 g/mol. The molecule has 111 valence electrons. The molecule has 4 nitrogen and oxygen atoms in total. The van der Waals surface area contributed by atoms with Crippen molar-refractivity contribution in [1.82, 2.24) is 0 Å². The average molecular weight is 306 g/mol. The van der Waals surface area contributed by atoms with Crippen LogP contribution < -0.4 is 11.5 Å². The van der Waals surface area contributed by atoms with E-state index in [-0.39, 0.29) is 28.9 Å². The number of hydrogen-bond acceptors (Lipinski definition) is 2. The molecular formula is C13H26CuN2O2. The first-order valence-corrected chi connectivity index (χ1v) is 6.69. The predicted octanol–water partition coefficient (Wildman–Crippen LogP) is 2.25. The number of carbonyl (C=O) groups is 2. The van der Waals surface area contributed by atoms with Gasteiger partial charge in [0.05, 0.1) is 0 Å². The van der Waals surface area contributed by atoms with Gasteiger partial charge in [-0.25, -0.2) is 0 Å². The first kappa shape index (κ1) is 19.8. The molecule has 4 N–H and O–H groups in total. The zero-order chi connectivity index (χ0) is 12.9. The molecule has 0 aliphatic carbocycles. The summed E-state index contributed by atoms with van der Waals surface area (Å²) in [5.41, 5.74) is 10.1. The van der Waals surface area contributed by atoms with Crippen LogP contribution in [-0.2, 0) is 26.7 Å². The molecule has 0 saturated carbocycles.